The SMILES string of the molecule is Cc1cc(C=Nc2ccc(Cl)c(C(=O)[O-])c2)c(C)n1-c1ccc(F)cc1. The van der Waals surface area contributed by atoms with Crippen LogP contribution in [-0.2, 0) is 0 Å². The average Bonchev–Trinajstić information content (AvgIpc) is 2.89. The maximum absolute atomic E-state index is 13.1. The van der Waals surface area contributed by atoms with Crippen molar-refractivity contribution in [2.75, 3.05) is 0 Å². The second-order valence-electron chi connectivity index (χ2n) is 5.85. The second kappa shape index (κ2) is 7.14. The number of hydrogen-bond donors (Lipinski definition) is 0. The molecule has 0 aliphatic carbocycles. The van der Waals surface area contributed by atoms with Gasteiger partial charge in [0.05, 0.1) is 11.7 Å². The number of carboxylic acid groups (broad SMARTS) is 1. The number of aliphatic imine (C=N–C) groups is 1. The molecule has 6 heteroatoms. The summed E-state index contributed by atoms with van der Waals surface area (Å²) in [7, 11) is 0. The number of rotatable bonds is 4. The van der Waals surface area contributed by atoms with Crippen molar-refractivity contribution < 1.29 is 14.3 Å². The Bertz CT molecular complexity index is 1010. The Balaban J connectivity index is 1.95. The lowest BCUT2D eigenvalue weighted by Gasteiger charge is -2.09. The van der Waals surface area contributed by atoms with Gasteiger partial charge in [0.1, 0.15) is 5.82 Å². The molecule has 0 spiro atoms. The van der Waals surface area contributed by atoms with Crippen molar-refractivity contribution in [3.63, 3.8) is 0 Å². The second-order valence-corrected chi connectivity index (χ2v) is 6.26. The largest absolute Gasteiger partial charge is 0.545 e. The number of aryl methyl sites for hydroxylation is 1. The van der Waals surface area contributed by atoms with Crippen molar-refractivity contribution in [2.24, 2.45) is 4.99 Å². The minimum Gasteiger partial charge on any atom is -0.545 e. The van der Waals surface area contributed by atoms with Crippen LogP contribution in [-0.4, -0.2) is 16.8 Å². The van der Waals surface area contributed by atoms with E-state index in [-0.39, 0.29) is 16.4 Å². The molecule has 3 aromatic rings. The monoisotopic (exact) mass is 369 g/mol. The van der Waals surface area contributed by atoms with Gasteiger partial charge in [0, 0.05) is 39.4 Å². The van der Waals surface area contributed by atoms with E-state index in [4.69, 9.17) is 11.6 Å². The number of halogens is 2. The Morgan fingerprint density at radius 1 is 1.15 bits per heavy atom. The summed E-state index contributed by atoms with van der Waals surface area (Å²) in [5.74, 6) is -1.63. The Morgan fingerprint density at radius 3 is 2.50 bits per heavy atom. The molecular weight excluding hydrogens is 355 g/mol. The molecule has 2 aromatic carbocycles. The predicted molar refractivity (Wildman–Crippen MR) is 98.2 cm³/mol. The maximum Gasteiger partial charge on any atom is 0.123 e. The molecule has 0 fully saturated rings. The summed E-state index contributed by atoms with van der Waals surface area (Å²) >= 11 is 5.83. The topological polar surface area (TPSA) is 57.4 Å². The van der Waals surface area contributed by atoms with Crippen molar-refractivity contribution >= 4 is 29.5 Å². The van der Waals surface area contributed by atoms with E-state index in [1.807, 2.05) is 24.5 Å². The summed E-state index contributed by atoms with van der Waals surface area (Å²) in [5, 5.41) is 11.2. The van der Waals surface area contributed by atoms with Crippen LogP contribution >= 0.6 is 11.6 Å². The fourth-order valence-electron chi connectivity index (χ4n) is 2.80. The standard InChI is InChI=1S/C20H16ClFN2O2/c1-12-9-14(13(2)24(12)17-6-3-15(22)4-7-17)11-23-16-5-8-19(21)18(10-16)20(25)26/h3-11H,1-2H3,(H,25,26)/p-1. The summed E-state index contributed by atoms with van der Waals surface area (Å²) < 4.78 is 15.1. The van der Waals surface area contributed by atoms with Gasteiger partial charge < -0.3 is 14.5 Å². The number of aromatic nitrogens is 1. The molecule has 0 unspecified atom stereocenters. The van der Waals surface area contributed by atoms with Gasteiger partial charge in [-0.1, -0.05) is 11.6 Å². The molecule has 4 nitrogen and oxygen atoms in total. The molecule has 1 aromatic heterocycles. The minimum absolute atomic E-state index is 0.0990. The van der Waals surface area contributed by atoms with Gasteiger partial charge in [0.15, 0.2) is 0 Å². The summed E-state index contributed by atoms with van der Waals surface area (Å²) in [6.07, 6.45) is 1.66. The summed E-state index contributed by atoms with van der Waals surface area (Å²) in [6, 6.07) is 12.7. The molecular formula is C20H15ClFN2O2-. The molecule has 26 heavy (non-hydrogen) atoms. The first kappa shape index (κ1) is 17.9. The molecule has 0 aliphatic rings. The van der Waals surface area contributed by atoms with Gasteiger partial charge in [0.25, 0.3) is 0 Å². The molecule has 0 saturated carbocycles. The zero-order valence-electron chi connectivity index (χ0n) is 14.2. The van der Waals surface area contributed by atoms with E-state index in [2.05, 4.69) is 4.99 Å². The van der Waals surface area contributed by atoms with Gasteiger partial charge in [-0.15, -0.1) is 0 Å². The van der Waals surface area contributed by atoms with Crippen molar-refractivity contribution in [3.8, 4) is 5.69 Å². The van der Waals surface area contributed by atoms with Crippen LogP contribution in [0.25, 0.3) is 5.69 Å². The van der Waals surface area contributed by atoms with Crippen LogP contribution in [0.1, 0.15) is 27.3 Å². The highest BCUT2D eigenvalue weighted by Gasteiger charge is 2.10. The molecule has 0 amide bonds. The fourth-order valence-corrected chi connectivity index (χ4v) is 2.99. The maximum atomic E-state index is 13.1. The molecule has 0 bridgehead atoms. The van der Waals surface area contributed by atoms with Crippen molar-refractivity contribution in [1.29, 1.82) is 0 Å². The highest BCUT2D eigenvalue weighted by Crippen LogP contribution is 2.24. The number of hydrogen-bond acceptors (Lipinski definition) is 3. The van der Waals surface area contributed by atoms with E-state index in [9.17, 15) is 14.3 Å². The third-order valence-electron chi connectivity index (χ3n) is 4.08. The van der Waals surface area contributed by atoms with Crippen molar-refractivity contribution in [3.05, 3.63) is 81.9 Å². The predicted octanol–water partition coefficient (Wildman–Crippen LogP) is 4.00. The fraction of sp³-hybridized carbons (Fsp3) is 0.100. The van der Waals surface area contributed by atoms with Gasteiger partial charge in [0.2, 0.25) is 0 Å². The highest BCUT2D eigenvalue weighted by atomic mass is 35.5. The van der Waals surface area contributed by atoms with E-state index in [1.54, 1.807) is 24.4 Å². The van der Waals surface area contributed by atoms with Crippen LogP contribution in [0.3, 0.4) is 0 Å². The first-order valence-corrected chi connectivity index (χ1v) is 8.24. The Hall–Kier alpha value is -2.92. The number of carboxylic acids is 1. The van der Waals surface area contributed by atoms with E-state index < -0.39 is 5.97 Å². The van der Waals surface area contributed by atoms with Crippen molar-refractivity contribution in [2.45, 2.75) is 13.8 Å². The van der Waals surface area contributed by atoms with Gasteiger partial charge in [-0.2, -0.15) is 0 Å². The first-order valence-electron chi connectivity index (χ1n) is 7.86. The van der Waals surface area contributed by atoms with Crippen LogP contribution in [0.2, 0.25) is 5.02 Å². The van der Waals surface area contributed by atoms with E-state index in [0.29, 0.717) is 5.69 Å². The van der Waals surface area contributed by atoms with Crippen LogP contribution < -0.4 is 5.11 Å². The van der Waals surface area contributed by atoms with Crippen molar-refractivity contribution in [1.82, 2.24) is 4.57 Å². The molecule has 0 N–H and O–H groups in total. The van der Waals surface area contributed by atoms with Crippen LogP contribution in [0.15, 0.2) is 53.5 Å². The van der Waals surface area contributed by atoms with E-state index in [1.165, 1.54) is 24.3 Å². The van der Waals surface area contributed by atoms with Crippen LogP contribution in [0.5, 0.6) is 0 Å². The highest BCUT2D eigenvalue weighted by molar-refractivity contribution is 6.33. The van der Waals surface area contributed by atoms with E-state index >= 15 is 0 Å². The minimum atomic E-state index is -1.35. The Labute approximate surface area is 155 Å². The third-order valence-corrected chi connectivity index (χ3v) is 4.41. The molecule has 1 heterocycles. The zero-order chi connectivity index (χ0) is 18.8. The number of carbonyl (C=O) groups excluding carboxylic acids is 1. The summed E-state index contributed by atoms with van der Waals surface area (Å²) in [5.41, 5.74) is 4.00. The molecule has 0 saturated heterocycles. The molecule has 132 valence electrons. The number of carbonyl (C=O) groups is 1. The lowest BCUT2D eigenvalue weighted by Crippen LogP contribution is -2.22. The molecule has 0 radical (unpaired) electrons. The lowest BCUT2D eigenvalue weighted by molar-refractivity contribution is -0.255. The molecule has 0 aliphatic heterocycles. The number of aromatic carboxylic acids is 1. The lowest BCUT2D eigenvalue weighted by atomic mass is 10.2. The van der Waals surface area contributed by atoms with E-state index in [0.717, 1.165) is 22.6 Å². The Morgan fingerprint density at radius 2 is 1.85 bits per heavy atom. The molecule has 0 atom stereocenters. The normalized spacial score (nSPS) is 11.2. The summed E-state index contributed by atoms with van der Waals surface area (Å²) in [4.78, 5) is 15.4. The Kier molecular flexibility index (Phi) is 4.91. The summed E-state index contributed by atoms with van der Waals surface area (Å²) in [6.45, 7) is 3.89. The van der Waals surface area contributed by atoms with Gasteiger partial charge in [-0.25, -0.2) is 4.39 Å². The quantitative estimate of drug-likeness (QED) is 0.653. The van der Waals surface area contributed by atoms with Crippen LogP contribution in [0.4, 0.5) is 10.1 Å². The zero-order valence-corrected chi connectivity index (χ0v) is 14.9. The van der Waals surface area contributed by atoms with Crippen LogP contribution in [0, 0.1) is 19.7 Å². The number of nitrogens with zero attached hydrogens (tertiary/aromatic N) is 2. The average molecular weight is 370 g/mol. The first-order chi connectivity index (χ1) is 12.4. The smallest absolute Gasteiger partial charge is 0.123 e. The van der Waals surface area contributed by atoms with Gasteiger partial charge in [-0.3, -0.25) is 4.99 Å². The number of benzene rings is 2. The van der Waals surface area contributed by atoms with Gasteiger partial charge in [-0.05, 0) is 62.4 Å². The third kappa shape index (κ3) is 3.53. The molecule has 3 rings (SSSR count). The van der Waals surface area contributed by atoms with Gasteiger partial charge >= 0.3 is 0 Å².